The maximum Gasteiger partial charge on any atom is 0.331 e. The number of rotatable bonds is 5. The largest absolute Gasteiger partial charge is 0.464 e. The second-order valence-electron chi connectivity index (χ2n) is 5.90. The lowest BCUT2D eigenvalue weighted by molar-refractivity contribution is -0.155. The van der Waals surface area contributed by atoms with E-state index >= 15 is 0 Å². The average Bonchev–Trinajstić information content (AvgIpc) is 2.70. The highest BCUT2D eigenvalue weighted by atomic mass is 16.5. The molecule has 0 radical (unpaired) electrons. The van der Waals surface area contributed by atoms with E-state index in [2.05, 4.69) is 10.4 Å². The Morgan fingerprint density at radius 2 is 2.00 bits per heavy atom. The molecule has 0 fully saturated rings. The van der Waals surface area contributed by atoms with Gasteiger partial charge in [-0.2, -0.15) is 0 Å². The number of amides is 2. The van der Waals surface area contributed by atoms with E-state index in [0.717, 1.165) is 10.6 Å². The van der Waals surface area contributed by atoms with Gasteiger partial charge >= 0.3 is 5.97 Å². The summed E-state index contributed by atoms with van der Waals surface area (Å²) in [6.07, 6.45) is 4.87. The molecule has 1 aliphatic rings. The molecule has 7 nitrogen and oxygen atoms in total. The van der Waals surface area contributed by atoms with Crippen molar-refractivity contribution in [2.45, 2.75) is 19.4 Å². The lowest BCUT2D eigenvalue weighted by Gasteiger charge is -2.33. The zero-order valence-corrected chi connectivity index (χ0v) is 14.8. The lowest BCUT2D eigenvalue weighted by Crippen LogP contribution is -2.56. The van der Waals surface area contributed by atoms with Gasteiger partial charge in [0.1, 0.15) is 0 Å². The minimum absolute atomic E-state index is 0.177. The molecule has 7 heteroatoms. The molecule has 0 saturated carbocycles. The monoisotopic (exact) mass is 365 g/mol. The van der Waals surface area contributed by atoms with Gasteiger partial charge in [0, 0.05) is 30.5 Å². The molecule has 0 bridgehead atoms. The van der Waals surface area contributed by atoms with Gasteiger partial charge in [-0.15, -0.1) is 0 Å². The molecule has 1 atom stereocenters. The van der Waals surface area contributed by atoms with Gasteiger partial charge in [0.25, 0.3) is 11.8 Å². The summed E-state index contributed by atoms with van der Waals surface area (Å²) in [5.41, 5.74) is 4.32. The number of ether oxygens (including phenoxy) is 1. The minimum Gasteiger partial charge on any atom is -0.464 e. The van der Waals surface area contributed by atoms with Crippen molar-refractivity contribution in [3.63, 3.8) is 0 Å². The highest BCUT2D eigenvalue weighted by Gasteiger charge is 2.36. The second kappa shape index (κ2) is 8.27. The van der Waals surface area contributed by atoms with Crippen molar-refractivity contribution >= 4 is 23.4 Å². The predicted octanol–water partition coefficient (Wildman–Crippen LogP) is 1.97. The summed E-state index contributed by atoms with van der Waals surface area (Å²) in [6.45, 7) is 1.86. The number of nitrogens with one attached hydrogen (secondary N) is 1. The smallest absolute Gasteiger partial charge is 0.331 e. The Labute approximate surface area is 156 Å². The van der Waals surface area contributed by atoms with Crippen LogP contribution in [-0.4, -0.2) is 40.4 Å². The standard InChI is InChI=1S/C20H19N3O4/c1-2-27-20(26)17-11-16(15-9-6-10-21-13-15)12-18(24)23(17)22-19(25)14-7-4-3-5-8-14/h3-10,12-13,17H,2,11H2,1H3,(H,22,25)/t17-/m1/s1. The second-order valence-corrected chi connectivity index (χ2v) is 5.90. The van der Waals surface area contributed by atoms with Crippen LogP contribution in [0.1, 0.15) is 29.3 Å². The number of hydrogen-bond acceptors (Lipinski definition) is 5. The van der Waals surface area contributed by atoms with Crippen LogP contribution >= 0.6 is 0 Å². The predicted molar refractivity (Wildman–Crippen MR) is 98.0 cm³/mol. The van der Waals surface area contributed by atoms with Crippen LogP contribution in [0.4, 0.5) is 0 Å². The number of benzene rings is 1. The van der Waals surface area contributed by atoms with Crippen LogP contribution in [-0.2, 0) is 14.3 Å². The quantitative estimate of drug-likeness (QED) is 0.819. The molecule has 0 aliphatic carbocycles. The fourth-order valence-corrected chi connectivity index (χ4v) is 2.81. The number of pyridine rings is 1. The molecular weight excluding hydrogens is 346 g/mol. The van der Waals surface area contributed by atoms with E-state index in [1.165, 1.54) is 6.08 Å². The number of nitrogens with zero attached hydrogens (tertiary/aromatic N) is 2. The van der Waals surface area contributed by atoms with Crippen LogP contribution in [0.5, 0.6) is 0 Å². The lowest BCUT2D eigenvalue weighted by atomic mass is 9.95. The summed E-state index contributed by atoms with van der Waals surface area (Å²) in [6, 6.07) is 11.1. The topological polar surface area (TPSA) is 88.6 Å². The maximum absolute atomic E-state index is 12.7. The van der Waals surface area contributed by atoms with Crippen LogP contribution < -0.4 is 5.43 Å². The van der Waals surface area contributed by atoms with E-state index < -0.39 is 23.8 Å². The molecule has 0 saturated heterocycles. The normalized spacial score (nSPS) is 16.5. The Bertz CT molecular complexity index is 865. The number of carbonyl (C=O) groups excluding carboxylic acids is 3. The Kier molecular flexibility index (Phi) is 5.61. The first-order chi connectivity index (χ1) is 13.1. The molecule has 2 heterocycles. The number of esters is 1. The zero-order valence-electron chi connectivity index (χ0n) is 14.8. The van der Waals surface area contributed by atoms with Gasteiger partial charge in [0.2, 0.25) is 0 Å². The Hall–Kier alpha value is -3.48. The molecule has 0 spiro atoms. The van der Waals surface area contributed by atoms with Gasteiger partial charge < -0.3 is 4.74 Å². The first-order valence-corrected chi connectivity index (χ1v) is 8.57. The highest BCUT2D eigenvalue weighted by Crippen LogP contribution is 2.26. The van der Waals surface area contributed by atoms with E-state index in [0.29, 0.717) is 11.1 Å². The zero-order chi connectivity index (χ0) is 19.2. The maximum atomic E-state index is 12.7. The molecule has 138 valence electrons. The third-order valence-electron chi connectivity index (χ3n) is 4.11. The minimum atomic E-state index is -0.953. The summed E-state index contributed by atoms with van der Waals surface area (Å²) in [5.74, 6) is -1.55. The van der Waals surface area contributed by atoms with Crippen LogP contribution in [0.3, 0.4) is 0 Å². The molecule has 1 N–H and O–H groups in total. The van der Waals surface area contributed by atoms with Gasteiger partial charge in [-0.3, -0.25) is 20.0 Å². The number of hydrazine groups is 1. The first-order valence-electron chi connectivity index (χ1n) is 8.57. The fourth-order valence-electron chi connectivity index (χ4n) is 2.81. The van der Waals surface area contributed by atoms with Gasteiger partial charge in [-0.1, -0.05) is 24.3 Å². The summed E-state index contributed by atoms with van der Waals surface area (Å²) in [7, 11) is 0. The van der Waals surface area contributed by atoms with E-state index in [1.54, 1.807) is 55.7 Å². The van der Waals surface area contributed by atoms with Crippen LogP contribution in [0.2, 0.25) is 0 Å². The van der Waals surface area contributed by atoms with E-state index in [1.807, 2.05) is 6.07 Å². The van der Waals surface area contributed by atoms with Gasteiger partial charge in [0.15, 0.2) is 6.04 Å². The number of hydrogen-bond donors (Lipinski definition) is 1. The summed E-state index contributed by atoms with van der Waals surface area (Å²) in [4.78, 5) is 41.6. The molecule has 1 aromatic heterocycles. The van der Waals surface area contributed by atoms with Crippen molar-refractivity contribution in [3.8, 4) is 0 Å². The third-order valence-corrected chi connectivity index (χ3v) is 4.11. The van der Waals surface area contributed by atoms with E-state index in [4.69, 9.17) is 4.74 Å². The van der Waals surface area contributed by atoms with Crippen molar-refractivity contribution in [2.24, 2.45) is 0 Å². The van der Waals surface area contributed by atoms with Crippen molar-refractivity contribution < 1.29 is 19.1 Å². The van der Waals surface area contributed by atoms with E-state index in [9.17, 15) is 14.4 Å². The fraction of sp³-hybridized carbons (Fsp3) is 0.200. The molecule has 1 aromatic carbocycles. The Balaban J connectivity index is 1.88. The van der Waals surface area contributed by atoms with Crippen LogP contribution in [0.25, 0.3) is 5.57 Å². The molecule has 27 heavy (non-hydrogen) atoms. The third kappa shape index (κ3) is 4.20. The molecule has 3 rings (SSSR count). The van der Waals surface area contributed by atoms with Crippen molar-refractivity contribution in [1.82, 2.24) is 15.4 Å². The van der Waals surface area contributed by atoms with E-state index in [-0.39, 0.29) is 13.0 Å². The molecule has 0 unspecified atom stereocenters. The van der Waals surface area contributed by atoms with Gasteiger partial charge in [-0.05, 0) is 36.3 Å². The molecule has 2 amide bonds. The first kappa shape index (κ1) is 18.3. The van der Waals surface area contributed by atoms with Gasteiger partial charge in [-0.25, -0.2) is 9.80 Å². The average molecular weight is 365 g/mol. The Morgan fingerprint density at radius 3 is 2.67 bits per heavy atom. The summed E-state index contributed by atoms with van der Waals surface area (Å²) in [5, 5.41) is 1.03. The van der Waals surface area contributed by atoms with Crippen molar-refractivity contribution in [1.29, 1.82) is 0 Å². The molecule has 2 aromatic rings. The van der Waals surface area contributed by atoms with Crippen molar-refractivity contribution in [3.05, 3.63) is 72.1 Å². The SMILES string of the molecule is CCOC(=O)[C@H]1CC(c2cccnc2)=CC(=O)N1NC(=O)c1ccccc1. The molecular formula is C20H19N3O4. The Morgan fingerprint density at radius 1 is 1.22 bits per heavy atom. The van der Waals surface area contributed by atoms with Crippen molar-refractivity contribution in [2.75, 3.05) is 6.61 Å². The van der Waals surface area contributed by atoms with Crippen LogP contribution in [0, 0.1) is 0 Å². The summed E-state index contributed by atoms with van der Waals surface area (Å²) >= 11 is 0. The highest BCUT2D eigenvalue weighted by molar-refractivity contribution is 6.03. The number of aromatic nitrogens is 1. The van der Waals surface area contributed by atoms with Crippen LogP contribution in [0.15, 0.2) is 60.9 Å². The number of carbonyl (C=O) groups is 3. The molecule has 1 aliphatic heterocycles. The summed E-state index contributed by atoms with van der Waals surface area (Å²) < 4.78 is 5.10. The van der Waals surface area contributed by atoms with Gasteiger partial charge in [0.05, 0.1) is 6.61 Å².